The lowest BCUT2D eigenvalue weighted by atomic mass is 9.85. The fourth-order valence-electron chi connectivity index (χ4n) is 2.41. The van der Waals surface area contributed by atoms with Gasteiger partial charge in [-0.25, -0.2) is 12.7 Å². The molecule has 130 valence electrons. The van der Waals surface area contributed by atoms with Crippen LogP contribution in [0.15, 0.2) is 4.99 Å². The molecule has 2 fully saturated rings. The molecule has 2 N–H and O–H groups in total. The van der Waals surface area contributed by atoms with Gasteiger partial charge in [0.2, 0.25) is 10.0 Å². The van der Waals surface area contributed by atoms with Crippen LogP contribution in [0.3, 0.4) is 0 Å². The van der Waals surface area contributed by atoms with Gasteiger partial charge in [-0.15, -0.1) is 24.0 Å². The molecule has 2 rings (SSSR count). The molecule has 0 bridgehead atoms. The first-order chi connectivity index (χ1) is 10.1. The van der Waals surface area contributed by atoms with Crippen molar-refractivity contribution in [3.05, 3.63) is 0 Å². The highest BCUT2D eigenvalue weighted by molar-refractivity contribution is 14.0. The molecule has 2 aliphatic rings. The molecule has 1 saturated carbocycles. The topological polar surface area (TPSA) is 73.8 Å². The molecule has 1 saturated heterocycles. The van der Waals surface area contributed by atoms with Crippen LogP contribution in [0.1, 0.15) is 19.3 Å². The van der Waals surface area contributed by atoms with Crippen molar-refractivity contribution < 1.29 is 8.42 Å². The Morgan fingerprint density at radius 2 is 1.95 bits per heavy atom. The molecule has 1 heterocycles. The van der Waals surface area contributed by atoms with Crippen LogP contribution < -0.4 is 10.6 Å². The smallest absolute Gasteiger partial charge is 0.215 e. The third-order valence-corrected chi connectivity index (χ3v) is 6.84. The number of guanidine groups is 1. The molecule has 9 heteroatoms. The zero-order chi connectivity index (χ0) is 15.1. The van der Waals surface area contributed by atoms with Crippen LogP contribution in [-0.4, -0.2) is 69.2 Å². The number of nitrogens with one attached hydrogen (secondary N) is 2. The molecule has 0 unspecified atom stereocenters. The lowest BCUT2D eigenvalue weighted by molar-refractivity contribution is 0.314. The SMILES string of the molecule is CN=C(NCCS(=O)(=O)N1CCSCC1)NCC1CCC1.I. The largest absolute Gasteiger partial charge is 0.356 e. The summed E-state index contributed by atoms with van der Waals surface area (Å²) in [6.45, 7) is 2.61. The fourth-order valence-corrected chi connectivity index (χ4v) is 4.90. The van der Waals surface area contributed by atoms with Crippen molar-refractivity contribution in [1.82, 2.24) is 14.9 Å². The summed E-state index contributed by atoms with van der Waals surface area (Å²) in [5.41, 5.74) is 0. The second-order valence-corrected chi connectivity index (χ2v) is 8.82. The van der Waals surface area contributed by atoms with Crippen molar-refractivity contribution in [2.24, 2.45) is 10.9 Å². The number of nitrogens with zero attached hydrogens (tertiary/aromatic N) is 2. The van der Waals surface area contributed by atoms with Gasteiger partial charge in [0.25, 0.3) is 0 Å². The van der Waals surface area contributed by atoms with E-state index >= 15 is 0 Å². The minimum absolute atomic E-state index is 0. The Kier molecular flexibility index (Phi) is 9.41. The predicted octanol–water partition coefficient (Wildman–Crippen LogP) is 0.948. The number of hydrogen-bond acceptors (Lipinski definition) is 4. The highest BCUT2D eigenvalue weighted by Gasteiger charge is 2.23. The third-order valence-electron chi connectivity index (χ3n) is 4.02. The van der Waals surface area contributed by atoms with Crippen LogP contribution in [0.4, 0.5) is 0 Å². The molecule has 0 radical (unpaired) electrons. The van der Waals surface area contributed by atoms with Crippen LogP contribution in [0.25, 0.3) is 0 Å². The molecule has 1 aliphatic carbocycles. The number of thioether (sulfide) groups is 1. The van der Waals surface area contributed by atoms with E-state index < -0.39 is 10.0 Å². The zero-order valence-electron chi connectivity index (χ0n) is 13.1. The van der Waals surface area contributed by atoms with Crippen molar-refractivity contribution in [2.75, 3.05) is 50.5 Å². The van der Waals surface area contributed by atoms with Gasteiger partial charge in [-0.1, -0.05) is 6.42 Å². The number of halogens is 1. The second kappa shape index (κ2) is 10.2. The molecule has 0 aromatic carbocycles. The standard InChI is InChI=1S/C13H26N4O2S2.HI/c1-14-13(16-11-12-3-2-4-12)15-5-10-21(18,19)17-6-8-20-9-7-17;/h12H,2-11H2,1H3,(H2,14,15,16);1H. The van der Waals surface area contributed by atoms with E-state index in [4.69, 9.17) is 0 Å². The Bertz CT molecular complexity index is 449. The van der Waals surface area contributed by atoms with Gasteiger partial charge in [0.1, 0.15) is 0 Å². The maximum absolute atomic E-state index is 12.2. The lowest BCUT2D eigenvalue weighted by Gasteiger charge is -2.27. The van der Waals surface area contributed by atoms with E-state index in [9.17, 15) is 8.42 Å². The summed E-state index contributed by atoms with van der Waals surface area (Å²) < 4.78 is 26.0. The average molecular weight is 462 g/mol. The summed E-state index contributed by atoms with van der Waals surface area (Å²) >= 11 is 1.81. The van der Waals surface area contributed by atoms with Crippen molar-refractivity contribution >= 4 is 51.7 Å². The van der Waals surface area contributed by atoms with E-state index in [1.54, 1.807) is 11.4 Å². The van der Waals surface area contributed by atoms with Crippen molar-refractivity contribution in [3.63, 3.8) is 0 Å². The van der Waals surface area contributed by atoms with Gasteiger partial charge in [-0.3, -0.25) is 4.99 Å². The van der Waals surface area contributed by atoms with Crippen LogP contribution >= 0.6 is 35.7 Å². The van der Waals surface area contributed by atoms with Gasteiger partial charge in [0.15, 0.2) is 5.96 Å². The summed E-state index contributed by atoms with van der Waals surface area (Å²) in [6.07, 6.45) is 3.89. The predicted molar refractivity (Wildman–Crippen MR) is 105 cm³/mol. The maximum atomic E-state index is 12.2. The molecule has 6 nitrogen and oxygen atoms in total. The summed E-state index contributed by atoms with van der Waals surface area (Å²) in [6, 6.07) is 0. The van der Waals surface area contributed by atoms with E-state index in [-0.39, 0.29) is 29.7 Å². The van der Waals surface area contributed by atoms with Crippen LogP contribution in [-0.2, 0) is 10.0 Å². The van der Waals surface area contributed by atoms with E-state index in [1.807, 2.05) is 11.8 Å². The van der Waals surface area contributed by atoms with Crippen molar-refractivity contribution in [3.8, 4) is 0 Å². The summed E-state index contributed by atoms with van der Waals surface area (Å²) in [4.78, 5) is 4.13. The molecule has 0 aromatic rings. The number of aliphatic imine (C=N–C) groups is 1. The Morgan fingerprint density at radius 3 is 2.50 bits per heavy atom. The second-order valence-electron chi connectivity index (χ2n) is 5.50. The number of hydrogen-bond donors (Lipinski definition) is 2. The third kappa shape index (κ3) is 6.40. The molecule has 0 spiro atoms. The van der Waals surface area contributed by atoms with Gasteiger partial charge in [-0.05, 0) is 18.8 Å². The summed E-state index contributed by atoms with van der Waals surface area (Å²) in [5, 5.41) is 6.36. The monoisotopic (exact) mass is 462 g/mol. The lowest BCUT2D eigenvalue weighted by Crippen LogP contribution is -2.45. The number of rotatable bonds is 6. The zero-order valence-corrected chi connectivity index (χ0v) is 17.0. The highest BCUT2D eigenvalue weighted by atomic mass is 127. The van der Waals surface area contributed by atoms with Gasteiger partial charge < -0.3 is 10.6 Å². The molecular weight excluding hydrogens is 435 g/mol. The van der Waals surface area contributed by atoms with Crippen molar-refractivity contribution in [2.45, 2.75) is 19.3 Å². The van der Waals surface area contributed by atoms with Gasteiger partial charge in [-0.2, -0.15) is 11.8 Å². The molecular formula is C13H27IN4O2S2. The van der Waals surface area contributed by atoms with Gasteiger partial charge in [0, 0.05) is 44.7 Å². The van der Waals surface area contributed by atoms with Crippen LogP contribution in [0.2, 0.25) is 0 Å². The van der Waals surface area contributed by atoms with E-state index in [0.29, 0.717) is 25.6 Å². The fraction of sp³-hybridized carbons (Fsp3) is 0.923. The first-order valence-corrected chi connectivity index (χ1v) is 10.4. The summed E-state index contributed by atoms with van der Waals surface area (Å²) in [5.74, 6) is 3.38. The van der Waals surface area contributed by atoms with Crippen LogP contribution in [0, 0.1) is 5.92 Å². The highest BCUT2D eigenvalue weighted by Crippen LogP contribution is 2.24. The summed E-state index contributed by atoms with van der Waals surface area (Å²) in [7, 11) is -1.42. The number of sulfonamides is 1. The van der Waals surface area contributed by atoms with E-state index in [1.165, 1.54) is 19.3 Å². The minimum Gasteiger partial charge on any atom is -0.356 e. The van der Waals surface area contributed by atoms with Gasteiger partial charge >= 0.3 is 0 Å². The maximum Gasteiger partial charge on any atom is 0.215 e. The Balaban J connectivity index is 0.00000242. The average Bonchev–Trinajstić information content (AvgIpc) is 2.44. The van der Waals surface area contributed by atoms with Gasteiger partial charge in [0.05, 0.1) is 5.75 Å². The first-order valence-electron chi connectivity index (χ1n) is 7.62. The Hall–Kier alpha value is 0.260. The van der Waals surface area contributed by atoms with Crippen LogP contribution in [0.5, 0.6) is 0 Å². The Morgan fingerprint density at radius 1 is 1.27 bits per heavy atom. The van der Waals surface area contributed by atoms with Crippen molar-refractivity contribution in [1.29, 1.82) is 0 Å². The Labute approximate surface area is 155 Å². The van der Waals surface area contributed by atoms with E-state index in [0.717, 1.165) is 24.0 Å². The molecule has 0 amide bonds. The normalized spacial score (nSPS) is 20.9. The first kappa shape index (κ1) is 20.3. The quantitative estimate of drug-likeness (QED) is 0.350. The molecule has 1 aliphatic heterocycles. The minimum atomic E-state index is -3.14. The molecule has 0 atom stereocenters. The molecule has 0 aromatic heterocycles. The van der Waals surface area contributed by atoms with E-state index in [2.05, 4.69) is 15.6 Å². The molecule has 22 heavy (non-hydrogen) atoms.